The summed E-state index contributed by atoms with van der Waals surface area (Å²) in [5.74, 6) is -0.123. The van der Waals surface area contributed by atoms with Crippen LogP contribution < -0.4 is 5.32 Å². The van der Waals surface area contributed by atoms with Crippen LogP contribution in [0, 0.1) is 0 Å². The summed E-state index contributed by atoms with van der Waals surface area (Å²) >= 11 is 9.15. The fraction of sp³-hybridized carbons (Fsp3) is 0.250. The molecule has 0 spiro atoms. The largest absolute Gasteiger partial charge is 0.352 e. The summed E-state index contributed by atoms with van der Waals surface area (Å²) in [5.41, 5.74) is 0.574. The van der Waals surface area contributed by atoms with Crippen LogP contribution in [0.1, 0.15) is 16.8 Å². The first-order valence-corrected chi connectivity index (χ1v) is 6.91. The second kappa shape index (κ2) is 6.68. The summed E-state index contributed by atoms with van der Waals surface area (Å²) < 4.78 is 2.42. The zero-order valence-electron chi connectivity index (χ0n) is 10.0. The Balaban J connectivity index is 1.81. The van der Waals surface area contributed by atoms with Gasteiger partial charge in [-0.3, -0.25) is 9.48 Å². The number of carbonyl (C=O) groups excluding carboxylic acids is 1. The Labute approximate surface area is 124 Å². The van der Waals surface area contributed by atoms with E-state index in [0.717, 1.165) is 13.0 Å². The molecule has 5 nitrogen and oxygen atoms in total. The van der Waals surface area contributed by atoms with Crippen LogP contribution in [-0.2, 0) is 6.54 Å². The molecule has 0 atom stereocenters. The minimum atomic E-state index is -0.123. The molecule has 1 N–H and O–H groups in total. The Kier molecular flexibility index (Phi) is 4.93. The maximum absolute atomic E-state index is 11.9. The maximum Gasteiger partial charge on any atom is 0.252 e. The molecule has 0 aliphatic carbocycles. The van der Waals surface area contributed by atoms with Crippen LogP contribution in [0.5, 0.6) is 0 Å². The molecule has 2 rings (SSSR count). The minimum absolute atomic E-state index is 0.123. The molecule has 0 bridgehead atoms. The monoisotopic (exact) mass is 342 g/mol. The Hall–Kier alpha value is -1.40. The molecule has 0 fully saturated rings. The SMILES string of the molecule is O=C(NCCCn1ccnn1)c1ccc(Cl)cc1Br. The third-order valence-electron chi connectivity index (χ3n) is 2.50. The highest BCUT2D eigenvalue weighted by Crippen LogP contribution is 2.21. The van der Waals surface area contributed by atoms with E-state index in [9.17, 15) is 4.79 Å². The van der Waals surface area contributed by atoms with E-state index < -0.39 is 0 Å². The average molecular weight is 344 g/mol. The van der Waals surface area contributed by atoms with Crippen LogP contribution in [0.15, 0.2) is 35.1 Å². The zero-order valence-corrected chi connectivity index (χ0v) is 12.4. The van der Waals surface area contributed by atoms with Gasteiger partial charge < -0.3 is 5.32 Å². The smallest absolute Gasteiger partial charge is 0.252 e. The van der Waals surface area contributed by atoms with Crippen molar-refractivity contribution in [3.63, 3.8) is 0 Å². The Morgan fingerprint density at radius 2 is 2.32 bits per heavy atom. The topological polar surface area (TPSA) is 59.8 Å². The van der Waals surface area contributed by atoms with E-state index in [1.54, 1.807) is 35.3 Å². The van der Waals surface area contributed by atoms with Gasteiger partial charge in [0.05, 0.1) is 11.8 Å². The number of rotatable bonds is 5. The molecular weight excluding hydrogens is 332 g/mol. The lowest BCUT2D eigenvalue weighted by molar-refractivity contribution is 0.0952. The van der Waals surface area contributed by atoms with Gasteiger partial charge in [-0.15, -0.1) is 5.10 Å². The third-order valence-corrected chi connectivity index (χ3v) is 3.39. The predicted molar refractivity (Wildman–Crippen MR) is 76.1 cm³/mol. The van der Waals surface area contributed by atoms with Crippen molar-refractivity contribution in [1.82, 2.24) is 20.3 Å². The highest BCUT2D eigenvalue weighted by molar-refractivity contribution is 9.10. The molecule has 2 aromatic rings. The van der Waals surface area contributed by atoms with Gasteiger partial charge in [-0.25, -0.2) is 0 Å². The number of benzene rings is 1. The van der Waals surface area contributed by atoms with Crippen LogP contribution in [0.25, 0.3) is 0 Å². The zero-order chi connectivity index (χ0) is 13.7. The van der Waals surface area contributed by atoms with Crippen molar-refractivity contribution in [1.29, 1.82) is 0 Å². The summed E-state index contributed by atoms with van der Waals surface area (Å²) in [4.78, 5) is 11.9. The lowest BCUT2D eigenvalue weighted by atomic mass is 10.2. The van der Waals surface area contributed by atoms with Crippen LogP contribution >= 0.6 is 27.5 Å². The molecule has 0 unspecified atom stereocenters. The molecule has 100 valence electrons. The number of nitrogens with one attached hydrogen (secondary N) is 1. The molecule has 1 aromatic carbocycles. The fourth-order valence-corrected chi connectivity index (χ4v) is 2.43. The van der Waals surface area contributed by atoms with Crippen molar-refractivity contribution in [2.45, 2.75) is 13.0 Å². The normalized spacial score (nSPS) is 10.4. The molecule has 0 aliphatic rings. The van der Waals surface area contributed by atoms with Crippen LogP contribution in [-0.4, -0.2) is 27.4 Å². The summed E-state index contributed by atoms with van der Waals surface area (Å²) in [6.07, 6.45) is 4.21. The van der Waals surface area contributed by atoms with E-state index in [4.69, 9.17) is 11.6 Å². The number of nitrogens with zero attached hydrogens (tertiary/aromatic N) is 3. The van der Waals surface area contributed by atoms with Gasteiger partial charge in [0.15, 0.2) is 0 Å². The van der Waals surface area contributed by atoms with Gasteiger partial charge in [0.25, 0.3) is 5.91 Å². The highest BCUT2D eigenvalue weighted by atomic mass is 79.9. The van der Waals surface area contributed by atoms with Crippen molar-refractivity contribution in [2.24, 2.45) is 0 Å². The molecular formula is C12H12BrClN4O. The number of halogens is 2. The van der Waals surface area contributed by atoms with Crippen molar-refractivity contribution < 1.29 is 4.79 Å². The number of amides is 1. The lowest BCUT2D eigenvalue weighted by Gasteiger charge is -2.07. The minimum Gasteiger partial charge on any atom is -0.352 e. The van der Waals surface area contributed by atoms with E-state index in [1.807, 2.05) is 0 Å². The van der Waals surface area contributed by atoms with Gasteiger partial charge in [0, 0.05) is 28.8 Å². The Morgan fingerprint density at radius 1 is 1.47 bits per heavy atom. The second-order valence-electron chi connectivity index (χ2n) is 3.90. The number of hydrogen-bond acceptors (Lipinski definition) is 3. The highest BCUT2D eigenvalue weighted by Gasteiger charge is 2.09. The summed E-state index contributed by atoms with van der Waals surface area (Å²) in [7, 11) is 0. The van der Waals surface area contributed by atoms with Gasteiger partial charge in [-0.1, -0.05) is 16.8 Å². The molecule has 0 saturated carbocycles. The van der Waals surface area contributed by atoms with Crippen molar-refractivity contribution in [3.8, 4) is 0 Å². The first-order valence-electron chi connectivity index (χ1n) is 5.74. The van der Waals surface area contributed by atoms with E-state index in [0.29, 0.717) is 21.6 Å². The Morgan fingerprint density at radius 3 is 3.00 bits per heavy atom. The number of aryl methyl sites for hydroxylation is 1. The number of carbonyl (C=O) groups is 1. The first kappa shape index (κ1) is 14.0. The lowest BCUT2D eigenvalue weighted by Crippen LogP contribution is -2.25. The molecule has 1 amide bonds. The summed E-state index contributed by atoms with van der Waals surface area (Å²) in [6, 6.07) is 5.09. The standard InChI is InChI=1S/C12H12BrClN4O/c13-11-8-9(14)2-3-10(11)12(19)15-4-1-6-18-7-5-16-17-18/h2-3,5,7-8H,1,4,6H2,(H,15,19). The third kappa shape index (κ3) is 4.04. The maximum atomic E-state index is 11.9. The predicted octanol–water partition coefficient (Wildman–Crippen LogP) is 2.51. The van der Waals surface area contributed by atoms with Gasteiger partial charge in [0.1, 0.15) is 0 Å². The first-order chi connectivity index (χ1) is 9.16. The molecule has 0 aliphatic heterocycles. The number of aromatic nitrogens is 3. The Bertz CT molecular complexity index is 559. The summed E-state index contributed by atoms with van der Waals surface area (Å²) in [6.45, 7) is 1.30. The molecule has 0 saturated heterocycles. The van der Waals surface area contributed by atoms with E-state index in [1.165, 1.54) is 0 Å². The van der Waals surface area contributed by atoms with Crippen molar-refractivity contribution >= 4 is 33.4 Å². The van der Waals surface area contributed by atoms with Crippen LogP contribution in [0.4, 0.5) is 0 Å². The molecule has 0 radical (unpaired) electrons. The van der Waals surface area contributed by atoms with Crippen LogP contribution in [0.3, 0.4) is 0 Å². The van der Waals surface area contributed by atoms with Crippen molar-refractivity contribution in [3.05, 3.63) is 45.7 Å². The number of hydrogen-bond donors (Lipinski definition) is 1. The van der Waals surface area contributed by atoms with Gasteiger partial charge in [-0.05, 0) is 40.5 Å². The molecule has 1 aromatic heterocycles. The van der Waals surface area contributed by atoms with E-state index >= 15 is 0 Å². The van der Waals surface area contributed by atoms with Gasteiger partial charge >= 0.3 is 0 Å². The van der Waals surface area contributed by atoms with Crippen LogP contribution in [0.2, 0.25) is 5.02 Å². The van der Waals surface area contributed by atoms with Gasteiger partial charge in [0.2, 0.25) is 0 Å². The second-order valence-corrected chi connectivity index (χ2v) is 5.19. The van der Waals surface area contributed by atoms with Crippen molar-refractivity contribution in [2.75, 3.05) is 6.54 Å². The molecule has 19 heavy (non-hydrogen) atoms. The molecule has 1 heterocycles. The van der Waals surface area contributed by atoms with E-state index in [2.05, 4.69) is 31.6 Å². The van der Waals surface area contributed by atoms with E-state index in [-0.39, 0.29) is 5.91 Å². The fourth-order valence-electron chi connectivity index (χ4n) is 1.56. The summed E-state index contributed by atoms with van der Waals surface area (Å²) in [5, 5.41) is 11.0. The quantitative estimate of drug-likeness (QED) is 0.849. The average Bonchev–Trinajstić information content (AvgIpc) is 2.87. The molecule has 7 heteroatoms. The van der Waals surface area contributed by atoms with Gasteiger partial charge in [-0.2, -0.15) is 0 Å².